The first kappa shape index (κ1) is 12.0. The molecule has 2 N–H and O–H groups in total. The third kappa shape index (κ3) is 2.78. The summed E-state index contributed by atoms with van der Waals surface area (Å²) < 4.78 is 5.55. The number of nitrogens with zero attached hydrogens (tertiary/aromatic N) is 2. The van der Waals surface area contributed by atoms with E-state index in [0.717, 1.165) is 5.56 Å². The Balaban J connectivity index is 2.37. The van der Waals surface area contributed by atoms with Gasteiger partial charge < -0.3 is 10.5 Å². The molecule has 6 heteroatoms. The van der Waals surface area contributed by atoms with Gasteiger partial charge in [-0.25, -0.2) is 4.98 Å². The summed E-state index contributed by atoms with van der Waals surface area (Å²) in [6, 6.07) is 5.31. The fourth-order valence-corrected chi connectivity index (χ4v) is 1.52. The molecule has 0 saturated carbocycles. The molecule has 2 rings (SSSR count). The molecule has 0 spiro atoms. The lowest BCUT2D eigenvalue weighted by atomic mass is 10.2. The Bertz CT molecular complexity index is 511. The van der Waals surface area contributed by atoms with Crippen LogP contribution in [0.15, 0.2) is 24.4 Å². The number of ether oxygens (including phenoxy) is 1. The highest BCUT2D eigenvalue weighted by Crippen LogP contribution is 2.30. The van der Waals surface area contributed by atoms with Gasteiger partial charge in [-0.1, -0.05) is 29.3 Å². The van der Waals surface area contributed by atoms with E-state index in [1.165, 1.54) is 6.20 Å². The molecule has 2 aromatic rings. The highest BCUT2D eigenvalue weighted by atomic mass is 35.5. The molecule has 0 aliphatic carbocycles. The SMILES string of the molecule is Cc1ccc(Cl)cc1Oc1nc(N)ncc1Cl. The van der Waals surface area contributed by atoms with Crippen LogP contribution in [0.5, 0.6) is 11.6 Å². The molecule has 1 heterocycles. The maximum absolute atomic E-state index is 5.90. The van der Waals surface area contributed by atoms with Crippen molar-refractivity contribution in [2.45, 2.75) is 6.92 Å². The lowest BCUT2D eigenvalue weighted by Gasteiger charge is -2.09. The van der Waals surface area contributed by atoms with Gasteiger partial charge >= 0.3 is 0 Å². The lowest BCUT2D eigenvalue weighted by Crippen LogP contribution is -1.98. The number of rotatable bonds is 2. The minimum Gasteiger partial charge on any atom is -0.437 e. The van der Waals surface area contributed by atoms with Crippen molar-refractivity contribution < 1.29 is 4.74 Å². The quantitative estimate of drug-likeness (QED) is 0.907. The number of aryl methyl sites for hydroxylation is 1. The van der Waals surface area contributed by atoms with Crippen LogP contribution >= 0.6 is 23.2 Å². The number of halogens is 2. The zero-order valence-electron chi connectivity index (χ0n) is 8.95. The summed E-state index contributed by atoms with van der Waals surface area (Å²) in [7, 11) is 0. The molecule has 0 radical (unpaired) electrons. The third-order valence-corrected chi connectivity index (χ3v) is 2.58. The zero-order valence-corrected chi connectivity index (χ0v) is 10.5. The van der Waals surface area contributed by atoms with Crippen LogP contribution in [0.3, 0.4) is 0 Å². The Labute approximate surface area is 108 Å². The molecular formula is C11H9Cl2N3O. The average molecular weight is 270 g/mol. The summed E-state index contributed by atoms with van der Waals surface area (Å²) in [5.41, 5.74) is 6.38. The van der Waals surface area contributed by atoms with Crippen molar-refractivity contribution in [1.29, 1.82) is 0 Å². The van der Waals surface area contributed by atoms with Gasteiger partial charge in [0.25, 0.3) is 0 Å². The molecule has 0 aliphatic heterocycles. The summed E-state index contributed by atoms with van der Waals surface area (Å²) in [6.45, 7) is 1.89. The van der Waals surface area contributed by atoms with E-state index in [4.69, 9.17) is 33.7 Å². The highest BCUT2D eigenvalue weighted by Gasteiger charge is 2.08. The molecule has 0 aliphatic rings. The Morgan fingerprint density at radius 1 is 1.29 bits per heavy atom. The standard InChI is InChI=1S/C11H9Cl2N3O/c1-6-2-3-7(12)4-9(6)17-10-8(13)5-15-11(14)16-10/h2-5H,1H3,(H2,14,15,16). The van der Waals surface area contributed by atoms with E-state index in [-0.39, 0.29) is 11.8 Å². The van der Waals surface area contributed by atoms with Crippen LogP contribution in [0.25, 0.3) is 0 Å². The van der Waals surface area contributed by atoms with Crippen LogP contribution in [0, 0.1) is 6.92 Å². The summed E-state index contributed by atoms with van der Waals surface area (Å²) in [5, 5.41) is 0.863. The maximum atomic E-state index is 5.90. The number of hydrogen-bond donors (Lipinski definition) is 1. The average Bonchev–Trinajstić information content (AvgIpc) is 2.28. The van der Waals surface area contributed by atoms with E-state index in [9.17, 15) is 0 Å². The lowest BCUT2D eigenvalue weighted by molar-refractivity contribution is 0.459. The minimum atomic E-state index is 0.101. The van der Waals surface area contributed by atoms with Crippen molar-refractivity contribution in [1.82, 2.24) is 9.97 Å². The van der Waals surface area contributed by atoms with Gasteiger partial charge in [0.15, 0.2) is 0 Å². The molecule has 4 nitrogen and oxygen atoms in total. The van der Waals surface area contributed by atoms with Gasteiger partial charge in [-0.2, -0.15) is 4.98 Å². The second-order valence-corrected chi connectivity index (χ2v) is 4.24. The van der Waals surface area contributed by atoms with E-state index >= 15 is 0 Å². The van der Waals surface area contributed by atoms with Crippen molar-refractivity contribution in [3.05, 3.63) is 40.0 Å². The second-order valence-electron chi connectivity index (χ2n) is 3.39. The largest absolute Gasteiger partial charge is 0.437 e. The van der Waals surface area contributed by atoms with Crippen LogP contribution in [0.2, 0.25) is 10.0 Å². The first-order valence-electron chi connectivity index (χ1n) is 4.78. The molecule has 88 valence electrons. The van der Waals surface area contributed by atoms with Gasteiger partial charge in [-0.15, -0.1) is 0 Å². The smallest absolute Gasteiger partial charge is 0.243 e. The van der Waals surface area contributed by atoms with Crippen LogP contribution in [0.4, 0.5) is 5.95 Å². The summed E-state index contributed by atoms with van der Waals surface area (Å²) in [6.07, 6.45) is 1.39. The van der Waals surface area contributed by atoms with Crippen LogP contribution < -0.4 is 10.5 Å². The molecule has 1 aromatic carbocycles. The fourth-order valence-electron chi connectivity index (χ4n) is 1.22. The molecule has 0 amide bonds. The number of aromatic nitrogens is 2. The van der Waals surface area contributed by atoms with Gasteiger partial charge in [0.05, 0.1) is 6.20 Å². The van der Waals surface area contributed by atoms with Crippen molar-refractivity contribution in [2.75, 3.05) is 5.73 Å². The number of benzene rings is 1. The van der Waals surface area contributed by atoms with E-state index < -0.39 is 0 Å². The summed E-state index contributed by atoms with van der Waals surface area (Å²) in [5.74, 6) is 0.895. The molecule has 0 fully saturated rings. The van der Waals surface area contributed by atoms with E-state index in [1.54, 1.807) is 12.1 Å². The fraction of sp³-hybridized carbons (Fsp3) is 0.0909. The van der Waals surface area contributed by atoms with Gasteiger partial charge in [0.1, 0.15) is 10.8 Å². The van der Waals surface area contributed by atoms with E-state index in [2.05, 4.69) is 9.97 Å². The topological polar surface area (TPSA) is 61.0 Å². The monoisotopic (exact) mass is 269 g/mol. The van der Waals surface area contributed by atoms with Crippen molar-refractivity contribution >= 4 is 29.2 Å². The number of anilines is 1. The Hall–Kier alpha value is -1.52. The predicted molar refractivity (Wildman–Crippen MR) is 67.7 cm³/mol. The first-order valence-corrected chi connectivity index (χ1v) is 5.54. The van der Waals surface area contributed by atoms with Crippen LogP contribution in [-0.2, 0) is 0 Å². The second kappa shape index (κ2) is 4.77. The number of hydrogen-bond acceptors (Lipinski definition) is 4. The number of nitrogen functional groups attached to an aromatic ring is 1. The van der Waals surface area contributed by atoms with Crippen molar-refractivity contribution in [2.24, 2.45) is 0 Å². The molecular weight excluding hydrogens is 261 g/mol. The Kier molecular flexibility index (Phi) is 3.36. The van der Waals surface area contributed by atoms with E-state index in [1.807, 2.05) is 13.0 Å². The molecule has 0 bridgehead atoms. The molecule has 0 saturated heterocycles. The first-order chi connectivity index (χ1) is 8.06. The Morgan fingerprint density at radius 2 is 2.06 bits per heavy atom. The highest BCUT2D eigenvalue weighted by molar-refractivity contribution is 6.31. The molecule has 17 heavy (non-hydrogen) atoms. The Morgan fingerprint density at radius 3 is 2.82 bits per heavy atom. The van der Waals surface area contributed by atoms with Gasteiger partial charge in [-0.05, 0) is 24.6 Å². The van der Waals surface area contributed by atoms with Crippen LogP contribution in [0.1, 0.15) is 5.56 Å². The number of nitrogens with two attached hydrogens (primary N) is 1. The third-order valence-electron chi connectivity index (χ3n) is 2.09. The molecule has 1 aromatic heterocycles. The zero-order chi connectivity index (χ0) is 12.4. The van der Waals surface area contributed by atoms with Gasteiger partial charge in [0.2, 0.25) is 11.8 Å². The summed E-state index contributed by atoms with van der Waals surface area (Å²) >= 11 is 11.8. The summed E-state index contributed by atoms with van der Waals surface area (Å²) in [4.78, 5) is 7.66. The minimum absolute atomic E-state index is 0.101. The maximum Gasteiger partial charge on any atom is 0.243 e. The van der Waals surface area contributed by atoms with Gasteiger partial charge in [0, 0.05) is 5.02 Å². The van der Waals surface area contributed by atoms with Crippen LogP contribution in [-0.4, -0.2) is 9.97 Å². The molecule has 0 unspecified atom stereocenters. The predicted octanol–water partition coefficient (Wildman–Crippen LogP) is 3.47. The molecule has 0 atom stereocenters. The normalized spacial score (nSPS) is 10.3. The van der Waals surface area contributed by atoms with Crippen molar-refractivity contribution in [3.63, 3.8) is 0 Å². The van der Waals surface area contributed by atoms with E-state index in [0.29, 0.717) is 15.8 Å². The van der Waals surface area contributed by atoms with Gasteiger partial charge in [-0.3, -0.25) is 0 Å². The van der Waals surface area contributed by atoms with Crippen molar-refractivity contribution in [3.8, 4) is 11.6 Å².